The van der Waals surface area contributed by atoms with Gasteiger partial charge in [0.15, 0.2) is 0 Å². The molecule has 1 amide bonds. The van der Waals surface area contributed by atoms with Gasteiger partial charge in [-0.1, -0.05) is 60.2 Å². The van der Waals surface area contributed by atoms with Crippen LogP contribution < -0.4 is 0 Å². The second kappa shape index (κ2) is 8.35. The van der Waals surface area contributed by atoms with Crippen LogP contribution in [0.4, 0.5) is 0 Å². The fraction of sp³-hybridized carbons (Fsp3) is 0.316. The molecule has 2 rings (SSSR count). The monoisotopic (exact) mass is 297 g/mol. The first-order valence-corrected chi connectivity index (χ1v) is 7.65. The Labute approximate surface area is 132 Å². The summed E-state index contributed by atoms with van der Waals surface area (Å²) < 4.78 is 0. The maximum atomic E-state index is 11.7. The van der Waals surface area contributed by atoms with E-state index in [2.05, 4.69) is 18.2 Å². The van der Waals surface area contributed by atoms with Gasteiger partial charge in [-0.2, -0.15) is 0 Å². The molecule has 0 spiro atoms. The number of carbonyl (C=O) groups excluding carboxylic acids is 1. The minimum atomic E-state index is -0.0549. The van der Waals surface area contributed by atoms with E-state index < -0.39 is 0 Å². The van der Waals surface area contributed by atoms with Gasteiger partial charge < -0.3 is 0 Å². The van der Waals surface area contributed by atoms with Gasteiger partial charge in [0, 0.05) is 13.5 Å². The van der Waals surface area contributed by atoms with Gasteiger partial charge in [0.2, 0.25) is 5.91 Å². The predicted molar refractivity (Wildman–Crippen MR) is 88.1 cm³/mol. The van der Waals surface area contributed by atoms with Crippen LogP contribution in [0.3, 0.4) is 0 Å². The van der Waals surface area contributed by atoms with Gasteiger partial charge in [-0.25, -0.2) is 5.06 Å². The highest BCUT2D eigenvalue weighted by Gasteiger charge is 2.09. The maximum absolute atomic E-state index is 11.7. The number of hydrogen-bond acceptors (Lipinski definition) is 2. The second-order valence-corrected chi connectivity index (χ2v) is 5.47. The molecule has 0 saturated heterocycles. The molecule has 0 aliphatic carbocycles. The van der Waals surface area contributed by atoms with Gasteiger partial charge >= 0.3 is 0 Å². The van der Waals surface area contributed by atoms with Crippen LogP contribution in [-0.4, -0.2) is 17.5 Å². The number of hydroxylamine groups is 2. The molecule has 0 aromatic heterocycles. The van der Waals surface area contributed by atoms with E-state index in [0.29, 0.717) is 13.2 Å². The molecule has 0 bridgehead atoms. The Balaban J connectivity index is 1.81. The zero-order chi connectivity index (χ0) is 15.8. The van der Waals surface area contributed by atoms with E-state index in [0.717, 1.165) is 18.4 Å². The maximum Gasteiger partial charge on any atom is 0.243 e. The quantitative estimate of drug-likeness (QED) is 0.725. The Morgan fingerprint density at radius 3 is 2.45 bits per heavy atom. The summed E-state index contributed by atoms with van der Waals surface area (Å²) in [5.41, 5.74) is 3.55. The molecule has 3 nitrogen and oxygen atoms in total. The number of rotatable bonds is 7. The van der Waals surface area contributed by atoms with E-state index in [9.17, 15) is 4.79 Å². The highest BCUT2D eigenvalue weighted by atomic mass is 16.7. The first-order valence-electron chi connectivity index (χ1n) is 7.65. The van der Waals surface area contributed by atoms with Crippen molar-refractivity contribution in [3.63, 3.8) is 0 Å². The Morgan fingerprint density at radius 1 is 1.05 bits per heavy atom. The van der Waals surface area contributed by atoms with Crippen molar-refractivity contribution in [1.82, 2.24) is 5.06 Å². The van der Waals surface area contributed by atoms with Gasteiger partial charge in [-0.15, -0.1) is 0 Å². The first-order chi connectivity index (χ1) is 10.6. The Morgan fingerprint density at radius 2 is 1.77 bits per heavy atom. The molecule has 0 heterocycles. The molecule has 116 valence electrons. The number of aryl methyl sites for hydroxylation is 2. The van der Waals surface area contributed by atoms with Crippen LogP contribution in [-0.2, 0) is 22.7 Å². The number of benzene rings is 2. The molecule has 22 heavy (non-hydrogen) atoms. The van der Waals surface area contributed by atoms with Crippen molar-refractivity contribution in [3.8, 4) is 0 Å². The molecule has 0 radical (unpaired) electrons. The van der Waals surface area contributed by atoms with Crippen LogP contribution in [0, 0.1) is 6.92 Å². The summed E-state index contributed by atoms with van der Waals surface area (Å²) in [6, 6.07) is 18.4. The van der Waals surface area contributed by atoms with Crippen molar-refractivity contribution in [3.05, 3.63) is 71.3 Å². The van der Waals surface area contributed by atoms with Gasteiger partial charge in [-0.3, -0.25) is 9.63 Å². The van der Waals surface area contributed by atoms with Crippen molar-refractivity contribution in [2.45, 2.75) is 33.3 Å². The van der Waals surface area contributed by atoms with Crippen LogP contribution in [0.5, 0.6) is 0 Å². The fourth-order valence-electron chi connectivity index (χ4n) is 2.34. The lowest BCUT2D eigenvalue weighted by atomic mass is 10.1. The van der Waals surface area contributed by atoms with Crippen molar-refractivity contribution < 1.29 is 9.63 Å². The van der Waals surface area contributed by atoms with Gasteiger partial charge in [0.1, 0.15) is 6.61 Å². The summed E-state index contributed by atoms with van der Waals surface area (Å²) in [4.78, 5) is 17.3. The Hall–Kier alpha value is -2.13. The van der Waals surface area contributed by atoms with E-state index in [4.69, 9.17) is 4.84 Å². The Kier molecular flexibility index (Phi) is 6.16. The molecular formula is C19H23NO2. The molecule has 2 aromatic carbocycles. The lowest BCUT2D eigenvalue weighted by Crippen LogP contribution is -2.30. The van der Waals surface area contributed by atoms with Gasteiger partial charge in [0.25, 0.3) is 0 Å². The number of amides is 1. The minimum Gasteiger partial charge on any atom is -0.273 e. The molecule has 0 N–H and O–H groups in total. The smallest absolute Gasteiger partial charge is 0.243 e. The van der Waals surface area contributed by atoms with Crippen molar-refractivity contribution in [2.75, 3.05) is 6.54 Å². The van der Waals surface area contributed by atoms with Crippen molar-refractivity contribution >= 4 is 5.91 Å². The van der Waals surface area contributed by atoms with Crippen LogP contribution in [0.2, 0.25) is 0 Å². The predicted octanol–water partition coefficient (Wildman–Crippen LogP) is 3.91. The average molecular weight is 297 g/mol. The third-order valence-electron chi connectivity index (χ3n) is 3.49. The van der Waals surface area contributed by atoms with Crippen LogP contribution in [0.25, 0.3) is 0 Å². The number of hydrogen-bond donors (Lipinski definition) is 0. The highest BCUT2D eigenvalue weighted by molar-refractivity contribution is 5.71. The lowest BCUT2D eigenvalue weighted by molar-refractivity contribution is -0.189. The van der Waals surface area contributed by atoms with Crippen LogP contribution in [0.1, 0.15) is 30.0 Å². The zero-order valence-electron chi connectivity index (χ0n) is 13.3. The summed E-state index contributed by atoms with van der Waals surface area (Å²) in [6.45, 7) is 4.62. The van der Waals surface area contributed by atoms with Crippen LogP contribution >= 0.6 is 0 Å². The highest BCUT2D eigenvalue weighted by Crippen LogP contribution is 2.09. The first kappa shape index (κ1) is 16.2. The van der Waals surface area contributed by atoms with Gasteiger partial charge in [-0.05, 0) is 30.9 Å². The topological polar surface area (TPSA) is 29.5 Å². The van der Waals surface area contributed by atoms with E-state index in [1.165, 1.54) is 16.2 Å². The van der Waals surface area contributed by atoms with Crippen molar-refractivity contribution in [2.24, 2.45) is 0 Å². The summed E-state index contributed by atoms with van der Waals surface area (Å²) in [5, 5.41) is 1.46. The minimum absolute atomic E-state index is 0.0549. The SMILES string of the molecule is CC(=O)N(CCCc1ccccc1)OCc1cccc(C)c1. The summed E-state index contributed by atoms with van der Waals surface area (Å²) in [5.74, 6) is -0.0549. The summed E-state index contributed by atoms with van der Waals surface area (Å²) in [6.07, 6.45) is 1.83. The summed E-state index contributed by atoms with van der Waals surface area (Å²) >= 11 is 0. The molecule has 0 aliphatic heterocycles. The number of carbonyl (C=O) groups is 1. The lowest BCUT2D eigenvalue weighted by Gasteiger charge is -2.20. The summed E-state index contributed by atoms with van der Waals surface area (Å²) in [7, 11) is 0. The van der Waals surface area contributed by atoms with Crippen LogP contribution in [0.15, 0.2) is 54.6 Å². The second-order valence-electron chi connectivity index (χ2n) is 5.47. The number of nitrogens with zero attached hydrogens (tertiary/aromatic N) is 1. The van der Waals surface area contributed by atoms with Gasteiger partial charge in [0.05, 0.1) is 0 Å². The molecule has 0 aliphatic rings. The molecule has 0 saturated carbocycles. The van der Waals surface area contributed by atoms with E-state index >= 15 is 0 Å². The van der Waals surface area contributed by atoms with Crippen molar-refractivity contribution in [1.29, 1.82) is 0 Å². The van der Waals surface area contributed by atoms with E-state index in [1.807, 2.05) is 43.3 Å². The zero-order valence-corrected chi connectivity index (χ0v) is 13.3. The normalized spacial score (nSPS) is 10.5. The van der Waals surface area contributed by atoms with E-state index in [-0.39, 0.29) is 5.91 Å². The molecular weight excluding hydrogens is 274 g/mol. The molecule has 0 fully saturated rings. The largest absolute Gasteiger partial charge is 0.273 e. The third-order valence-corrected chi connectivity index (χ3v) is 3.49. The third kappa shape index (κ3) is 5.34. The molecule has 0 unspecified atom stereocenters. The molecule has 0 atom stereocenters. The molecule has 2 aromatic rings. The average Bonchev–Trinajstić information content (AvgIpc) is 2.51. The Bertz CT molecular complexity index is 595. The fourth-order valence-corrected chi connectivity index (χ4v) is 2.34. The molecule has 3 heteroatoms. The van der Waals surface area contributed by atoms with E-state index in [1.54, 1.807) is 6.92 Å². The standard InChI is InChI=1S/C19H23NO2/c1-16-8-6-11-19(14-16)15-22-20(17(2)21)13-7-12-18-9-4-3-5-10-18/h3-6,8-11,14H,7,12-13,15H2,1-2H3.